The smallest absolute Gasteiger partial charge is 0.280 e. The lowest BCUT2D eigenvalue weighted by molar-refractivity contribution is 0.0490. The van der Waals surface area contributed by atoms with Gasteiger partial charge in [-0.05, 0) is 43.5 Å². The highest BCUT2D eigenvalue weighted by atomic mass is 35.5. The van der Waals surface area contributed by atoms with Gasteiger partial charge in [0.05, 0.1) is 0 Å². The number of nitrogens with two attached hydrogens (primary N) is 1. The molecular weight excluding hydrogens is 518 g/mol. The second-order valence-electron chi connectivity index (χ2n) is 9.64. The molecule has 12 heteroatoms. The van der Waals surface area contributed by atoms with Crippen LogP contribution in [0.3, 0.4) is 0 Å². The Morgan fingerprint density at radius 2 is 1.87 bits per heavy atom. The SMILES string of the molecule is C#Cc1ccc(C(=O)N2CCC(N3CCN(c4nc(N)c(C(=O)NC(=N)NC)nc4Cl)C[C@@H]3CC)CC2)cc1. The van der Waals surface area contributed by atoms with Gasteiger partial charge in [-0.3, -0.25) is 25.2 Å². The highest BCUT2D eigenvalue weighted by molar-refractivity contribution is 6.32. The van der Waals surface area contributed by atoms with Gasteiger partial charge in [0.15, 0.2) is 28.4 Å². The van der Waals surface area contributed by atoms with Gasteiger partial charge in [0, 0.05) is 63.0 Å². The number of benzene rings is 1. The van der Waals surface area contributed by atoms with Crippen LogP contribution in [-0.4, -0.2) is 89.4 Å². The summed E-state index contributed by atoms with van der Waals surface area (Å²) in [4.78, 5) is 40.5. The highest BCUT2D eigenvalue weighted by Gasteiger charge is 2.35. The highest BCUT2D eigenvalue weighted by Crippen LogP contribution is 2.30. The van der Waals surface area contributed by atoms with E-state index in [9.17, 15) is 9.59 Å². The first-order valence-corrected chi connectivity index (χ1v) is 13.4. The number of carbonyl (C=O) groups excluding carboxylic acids is 2. The molecule has 5 N–H and O–H groups in total. The Labute approximate surface area is 233 Å². The zero-order valence-corrected chi connectivity index (χ0v) is 23.0. The van der Waals surface area contributed by atoms with Crippen LogP contribution in [0.2, 0.25) is 5.15 Å². The van der Waals surface area contributed by atoms with Crippen molar-refractivity contribution >= 4 is 41.0 Å². The number of nitrogens with one attached hydrogen (secondary N) is 3. The van der Waals surface area contributed by atoms with E-state index < -0.39 is 5.91 Å². The molecule has 2 aromatic rings. The van der Waals surface area contributed by atoms with Crippen LogP contribution in [-0.2, 0) is 0 Å². The maximum atomic E-state index is 13.0. The quantitative estimate of drug-likeness (QED) is 0.250. The molecule has 4 rings (SSSR count). The summed E-state index contributed by atoms with van der Waals surface area (Å²) in [5, 5.41) is 12.5. The molecule has 0 aliphatic carbocycles. The van der Waals surface area contributed by atoms with Gasteiger partial charge in [-0.15, -0.1) is 6.42 Å². The van der Waals surface area contributed by atoms with Crippen molar-refractivity contribution in [2.24, 2.45) is 0 Å². The van der Waals surface area contributed by atoms with Gasteiger partial charge in [-0.2, -0.15) is 0 Å². The monoisotopic (exact) mass is 551 g/mol. The molecule has 2 fully saturated rings. The second kappa shape index (κ2) is 12.3. The number of nitrogens with zero attached hydrogens (tertiary/aromatic N) is 5. The molecule has 1 aromatic carbocycles. The number of piperidine rings is 1. The summed E-state index contributed by atoms with van der Waals surface area (Å²) in [5.74, 6) is 2.19. The number of aromatic nitrogens is 2. The standard InChI is InChI=1S/C27H34ClN9O2/c1-4-17-6-8-18(9-7-17)26(39)35-12-10-20(11-13-35)37-15-14-36(16-19(37)5-2)24-22(28)32-21(23(29)33-24)25(38)34-27(30)31-3/h1,6-9,19-20H,5,10-16H2,2-3H3,(H2,29,33)(H3,30,31,34,38)/t19-/m0/s1. The van der Waals surface area contributed by atoms with Gasteiger partial charge < -0.3 is 20.9 Å². The summed E-state index contributed by atoms with van der Waals surface area (Å²) in [6, 6.07) is 7.83. The van der Waals surface area contributed by atoms with E-state index in [0.29, 0.717) is 43.6 Å². The van der Waals surface area contributed by atoms with Crippen LogP contribution in [0.1, 0.15) is 52.6 Å². The van der Waals surface area contributed by atoms with Crippen molar-refractivity contribution in [3.63, 3.8) is 0 Å². The molecule has 1 atom stereocenters. The van der Waals surface area contributed by atoms with Crippen LogP contribution < -0.4 is 21.3 Å². The number of halogens is 1. The molecule has 2 saturated heterocycles. The van der Waals surface area contributed by atoms with Crippen LogP contribution in [0.25, 0.3) is 0 Å². The van der Waals surface area contributed by atoms with Crippen LogP contribution in [0.15, 0.2) is 24.3 Å². The average molecular weight is 552 g/mol. The Balaban J connectivity index is 1.38. The molecular formula is C27H34ClN9O2. The van der Waals surface area contributed by atoms with E-state index in [1.807, 2.05) is 4.90 Å². The van der Waals surface area contributed by atoms with E-state index in [1.54, 1.807) is 24.3 Å². The summed E-state index contributed by atoms with van der Waals surface area (Å²) < 4.78 is 0. The van der Waals surface area contributed by atoms with Crippen molar-refractivity contribution in [2.75, 3.05) is 50.4 Å². The number of anilines is 2. The molecule has 0 saturated carbocycles. The van der Waals surface area contributed by atoms with Crippen LogP contribution in [0.5, 0.6) is 0 Å². The number of nitrogen functional groups attached to an aromatic ring is 1. The minimum atomic E-state index is -0.654. The van der Waals surface area contributed by atoms with E-state index in [0.717, 1.165) is 31.4 Å². The minimum Gasteiger partial charge on any atom is -0.382 e. The molecule has 0 bridgehead atoms. The van der Waals surface area contributed by atoms with Crippen molar-refractivity contribution < 1.29 is 9.59 Å². The first-order valence-electron chi connectivity index (χ1n) is 13.0. The number of rotatable bonds is 5. The summed E-state index contributed by atoms with van der Waals surface area (Å²) in [5.41, 5.74) is 7.36. The van der Waals surface area contributed by atoms with Gasteiger partial charge >= 0.3 is 0 Å². The molecule has 0 spiro atoms. The Morgan fingerprint density at radius 3 is 2.49 bits per heavy atom. The van der Waals surface area contributed by atoms with Crippen LogP contribution in [0.4, 0.5) is 11.6 Å². The van der Waals surface area contributed by atoms with Crippen molar-refractivity contribution in [1.29, 1.82) is 5.41 Å². The Hall–Kier alpha value is -3.88. The van der Waals surface area contributed by atoms with Crippen LogP contribution >= 0.6 is 11.6 Å². The van der Waals surface area contributed by atoms with E-state index in [-0.39, 0.29) is 34.6 Å². The van der Waals surface area contributed by atoms with Gasteiger partial charge in [0.25, 0.3) is 11.8 Å². The summed E-state index contributed by atoms with van der Waals surface area (Å²) in [6.07, 6.45) is 8.17. The third-order valence-corrected chi connectivity index (χ3v) is 7.64. The van der Waals surface area contributed by atoms with Gasteiger partial charge in [0.1, 0.15) is 0 Å². The summed E-state index contributed by atoms with van der Waals surface area (Å²) in [6.45, 7) is 5.76. The number of hydrogen-bond donors (Lipinski definition) is 4. The van der Waals surface area contributed by atoms with Crippen molar-refractivity contribution in [3.8, 4) is 12.3 Å². The van der Waals surface area contributed by atoms with E-state index >= 15 is 0 Å². The molecule has 2 aliphatic heterocycles. The third-order valence-electron chi connectivity index (χ3n) is 7.39. The maximum absolute atomic E-state index is 13.0. The van der Waals surface area contributed by atoms with Crippen molar-refractivity contribution in [1.82, 2.24) is 30.4 Å². The normalized spacial score (nSPS) is 18.4. The molecule has 3 heterocycles. The average Bonchev–Trinajstić information content (AvgIpc) is 2.97. The van der Waals surface area contributed by atoms with Gasteiger partial charge in [-0.1, -0.05) is 24.4 Å². The number of amides is 2. The fourth-order valence-electron chi connectivity index (χ4n) is 5.22. The molecule has 2 amide bonds. The zero-order chi connectivity index (χ0) is 28.1. The lowest BCUT2D eigenvalue weighted by Gasteiger charge is -2.47. The molecule has 0 unspecified atom stereocenters. The maximum Gasteiger partial charge on any atom is 0.280 e. The van der Waals surface area contributed by atoms with Crippen molar-refractivity contribution in [2.45, 2.75) is 38.3 Å². The third kappa shape index (κ3) is 6.24. The first kappa shape index (κ1) is 28.1. The summed E-state index contributed by atoms with van der Waals surface area (Å²) >= 11 is 6.46. The largest absolute Gasteiger partial charge is 0.382 e. The van der Waals surface area contributed by atoms with Gasteiger partial charge in [-0.25, -0.2) is 9.97 Å². The minimum absolute atomic E-state index is 0.0413. The molecule has 11 nitrogen and oxygen atoms in total. The topological polar surface area (TPSA) is 144 Å². The number of terminal acetylenes is 1. The molecule has 2 aliphatic rings. The van der Waals surface area contributed by atoms with Crippen molar-refractivity contribution in [3.05, 3.63) is 46.2 Å². The Kier molecular flexibility index (Phi) is 8.89. The molecule has 0 radical (unpaired) electrons. The fourth-order valence-corrected chi connectivity index (χ4v) is 5.47. The Bertz CT molecular complexity index is 1270. The first-order chi connectivity index (χ1) is 18.7. The molecule has 39 heavy (non-hydrogen) atoms. The van der Waals surface area contributed by atoms with E-state index in [2.05, 4.69) is 43.2 Å². The fraction of sp³-hybridized carbons (Fsp3) is 0.444. The number of likely N-dealkylation sites (tertiary alicyclic amines) is 1. The number of hydrogen-bond acceptors (Lipinski definition) is 8. The predicted molar refractivity (Wildman–Crippen MR) is 152 cm³/mol. The second-order valence-corrected chi connectivity index (χ2v) is 10.00. The van der Waals surface area contributed by atoms with E-state index in [4.69, 9.17) is 29.2 Å². The predicted octanol–water partition coefficient (Wildman–Crippen LogP) is 1.78. The van der Waals surface area contributed by atoms with Gasteiger partial charge in [0.2, 0.25) is 0 Å². The Morgan fingerprint density at radius 1 is 1.18 bits per heavy atom. The lowest BCUT2D eigenvalue weighted by atomic mass is 9.97. The molecule has 206 valence electrons. The number of carbonyl (C=O) groups is 2. The zero-order valence-electron chi connectivity index (χ0n) is 22.2. The molecule has 1 aromatic heterocycles. The number of piperazine rings is 1. The number of guanidine groups is 1. The van der Waals surface area contributed by atoms with Crippen LogP contribution in [0, 0.1) is 17.8 Å². The lowest BCUT2D eigenvalue weighted by Crippen LogP contribution is -2.58. The summed E-state index contributed by atoms with van der Waals surface area (Å²) in [7, 11) is 1.52. The van der Waals surface area contributed by atoms with E-state index in [1.165, 1.54) is 7.05 Å².